The highest BCUT2D eigenvalue weighted by Crippen LogP contribution is 2.27. The molecule has 0 aliphatic rings. The van der Waals surface area contributed by atoms with Gasteiger partial charge in [-0.1, -0.05) is 6.07 Å². The van der Waals surface area contributed by atoms with E-state index in [1.807, 2.05) is 0 Å². The van der Waals surface area contributed by atoms with Crippen molar-refractivity contribution in [2.24, 2.45) is 5.14 Å². The first-order chi connectivity index (χ1) is 6.75. The number of primary sulfonamides is 1. The van der Waals surface area contributed by atoms with Gasteiger partial charge in [-0.3, -0.25) is 10.1 Å². The summed E-state index contributed by atoms with van der Waals surface area (Å²) < 4.78 is 35.1. The Labute approximate surface area is 84.7 Å². The lowest BCUT2D eigenvalue weighted by atomic mass is 10.2. The van der Waals surface area contributed by atoms with Crippen molar-refractivity contribution in [1.82, 2.24) is 0 Å². The molecule has 6 nitrogen and oxygen atoms in total. The highest BCUT2D eigenvalue weighted by atomic mass is 32.2. The average Bonchev–Trinajstić information content (AvgIpc) is 2.06. The maximum Gasteiger partial charge on any atom is 0.324 e. The number of nitrogens with two attached hydrogens (primary N) is 1. The van der Waals surface area contributed by atoms with E-state index in [0.717, 1.165) is 12.1 Å². The molecule has 0 atom stereocenters. The molecule has 0 aliphatic heterocycles. The predicted molar refractivity (Wildman–Crippen MR) is 49.2 cm³/mol. The van der Waals surface area contributed by atoms with Crippen molar-refractivity contribution in [3.8, 4) is 0 Å². The molecule has 0 saturated heterocycles. The second-order valence-corrected chi connectivity index (χ2v) is 4.38. The summed E-state index contributed by atoms with van der Waals surface area (Å²) in [6, 6.07) is 2.02. The predicted octanol–water partition coefficient (Wildman–Crippen LogP) is 0.690. The minimum Gasteiger partial charge on any atom is -0.258 e. The van der Waals surface area contributed by atoms with E-state index in [9.17, 15) is 22.9 Å². The van der Waals surface area contributed by atoms with Crippen LogP contribution in [0, 0.1) is 22.9 Å². The van der Waals surface area contributed by atoms with Crippen molar-refractivity contribution in [2.45, 2.75) is 11.8 Å². The molecule has 8 heteroatoms. The molecule has 0 amide bonds. The van der Waals surface area contributed by atoms with E-state index >= 15 is 0 Å². The first-order valence-corrected chi connectivity index (χ1v) is 5.26. The smallest absolute Gasteiger partial charge is 0.258 e. The van der Waals surface area contributed by atoms with Crippen molar-refractivity contribution >= 4 is 15.7 Å². The molecule has 1 aromatic carbocycles. The number of rotatable bonds is 2. The molecule has 0 heterocycles. The zero-order chi connectivity index (χ0) is 11.8. The number of nitro groups is 1. The van der Waals surface area contributed by atoms with Crippen molar-refractivity contribution in [1.29, 1.82) is 0 Å². The van der Waals surface area contributed by atoms with Crippen LogP contribution >= 0.6 is 0 Å². The number of aryl methyl sites for hydroxylation is 1. The summed E-state index contributed by atoms with van der Waals surface area (Å²) in [5, 5.41) is 15.2. The van der Waals surface area contributed by atoms with Gasteiger partial charge in [0.05, 0.1) is 4.92 Å². The van der Waals surface area contributed by atoms with Gasteiger partial charge in [-0.15, -0.1) is 0 Å². The number of nitrogens with zero attached hydrogens (tertiary/aromatic N) is 1. The maximum atomic E-state index is 13.3. The highest BCUT2D eigenvalue weighted by Gasteiger charge is 2.28. The van der Waals surface area contributed by atoms with Gasteiger partial charge in [-0.2, -0.15) is 4.39 Å². The molecule has 82 valence electrons. The van der Waals surface area contributed by atoms with Crippen molar-refractivity contribution < 1.29 is 17.7 Å². The number of nitro benzene ring substituents is 1. The Bertz CT molecular complexity index is 526. The molecule has 0 saturated carbocycles. The molecule has 1 rings (SSSR count). The van der Waals surface area contributed by atoms with Crippen molar-refractivity contribution in [3.05, 3.63) is 33.6 Å². The second kappa shape index (κ2) is 3.55. The maximum absolute atomic E-state index is 13.3. The summed E-state index contributed by atoms with van der Waals surface area (Å²) >= 11 is 0. The number of hydrogen-bond acceptors (Lipinski definition) is 4. The average molecular weight is 234 g/mol. The van der Waals surface area contributed by atoms with E-state index in [2.05, 4.69) is 0 Å². The Morgan fingerprint density at radius 1 is 1.47 bits per heavy atom. The van der Waals surface area contributed by atoms with Gasteiger partial charge < -0.3 is 0 Å². The normalized spacial score (nSPS) is 11.4. The van der Waals surface area contributed by atoms with E-state index in [4.69, 9.17) is 5.14 Å². The van der Waals surface area contributed by atoms with Crippen LogP contribution in [0.4, 0.5) is 10.1 Å². The Morgan fingerprint density at radius 2 is 2.00 bits per heavy atom. The van der Waals surface area contributed by atoms with Crippen LogP contribution in [-0.4, -0.2) is 13.3 Å². The summed E-state index contributed by atoms with van der Waals surface area (Å²) in [6.07, 6.45) is 0. The quantitative estimate of drug-likeness (QED) is 0.600. The van der Waals surface area contributed by atoms with E-state index < -0.39 is 31.3 Å². The van der Waals surface area contributed by atoms with Crippen LogP contribution in [0.2, 0.25) is 0 Å². The van der Waals surface area contributed by atoms with Gasteiger partial charge in [0.2, 0.25) is 15.8 Å². The van der Waals surface area contributed by atoms with E-state index in [1.165, 1.54) is 6.92 Å². The molecule has 2 N–H and O–H groups in total. The first kappa shape index (κ1) is 11.5. The van der Waals surface area contributed by atoms with Crippen LogP contribution in [-0.2, 0) is 10.0 Å². The fourth-order valence-electron chi connectivity index (χ4n) is 1.05. The van der Waals surface area contributed by atoms with Crippen LogP contribution < -0.4 is 5.14 Å². The zero-order valence-electron chi connectivity index (χ0n) is 7.60. The lowest BCUT2D eigenvalue weighted by molar-refractivity contribution is -0.390. The molecule has 0 aromatic heterocycles. The summed E-state index contributed by atoms with van der Waals surface area (Å²) in [5.41, 5.74) is -1.13. The van der Waals surface area contributed by atoms with Crippen LogP contribution in [0.5, 0.6) is 0 Å². The largest absolute Gasteiger partial charge is 0.324 e. The van der Waals surface area contributed by atoms with E-state index in [0.29, 0.717) is 0 Å². The Hall–Kier alpha value is -1.54. The lowest BCUT2D eigenvalue weighted by Crippen LogP contribution is -2.15. The molecular weight excluding hydrogens is 227 g/mol. The van der Waals surface area contributed by atoms with Gasteiger partial charge >= 0.3 is 5.69 Å². The SMILES string of the molecule is Cc1ccc(S(N)(=O)=O)c([N+](=O)[O-])c1F. The zero-order valence-corrected chi connectivity index (χ0v) is 8.41. The summed E-state index contributed by atoms with van der Waals surface area (Å²) in [7, 11) is -4.30. The third kappa shape index (κ3) is 2.10. The van der Waals surface area contributed by atoms with Gasteiger partial charge in [-0.25, -0.2) is 13.6 Å². The second-order valence-electron chi connectivity index (χ2n) is 2.85. The molecule has 0 bridgehead atoms. The number of halogens is 1. The third-order valence-corrected chi connectivity index (χ3v) is 2.70. The molecule has 0 aliphatic carbocycles. The highest BCUT2D eigenvalue weighted by molar-refractivity contribution is 7.89. The number of benzene rings is 1. The lowest BCUT2D eigenvalue weighted by Gasteiger charge is -2.02. The van der Waals surface area contributed by atoms with Crippen LogP contribution in [0.25, 0.3) is 0 Å². The molecule has 0 unspecified atom stereocenters. The molecule has 1 aromatic rings. The van der Waals surface area contributed by atoms with Gasteiger partial charge in [0.25, 0.3) is 0 Å². The van der Waals surface area contributed by atoms with Crippen LogP contribution in [0.3, 0.4) is 0 Å². The Kier molecular flexibility index (Phi) is 2.73. The Balaban J connectivity index is 3.70. The Morgan fingerprint density at radius 3 is 2.40 bits per heavy atom. The van der Waals surface area contributed by atoms with Crippen molar-refractivity contribution in [3.63, 3.8) is 0 Å². The third-order valence-electron chi connectivity index (χ3n) is 1.76. The van der Waals surface area contributed by atoms with E-state index in [1.54, 1.807) is 0 Å². The standard InChI is InChI=1S/C7H7FN2O4S/c1-4-2-3-5(15(9,13)14)7(6(4)8)10(11)12/h2-3H,1H3,(H2,9,13,14). The van der Waals surface area contributed by atoms with Crippen LogP contribution in [0.15, 0.2) is 17.0 Å². The molecule has 0 fully saturated rings. The fourth-order valence-corrected chi connectivity index (χ4v) is 1.74. The number of sulfonamides is 1. The summed E-state index contributed by atoms with van der Waals surface area (Å²) in [4.78, 5) is 8.55. The number of hydrogen-bond donors (Lipinski definition) is 1. The monoisotopic (exact) mass is 234 g/mol. The molecule has 15 heavy (non-hydrogen) atoms. The van der Waals surface area contributed by atoms with Gasteiger partial charge in [0.1, 0.15) is 0 Å². The summed E-state index contributed by atoms with van der Waals surface area (Å²) in [5.74, 6) is -1.19. The fraction of sp³-hybridized carbons (Fsp3) is 0.143. The van der Waals surface area contributed by atoms with Crippen LogP contribution in [0.1, 0.15) is 5.56 Å². The van der Waals surface area contributed by atoms with Gasteiger partial charge in [-0.05, 0) is 18.6 Å². The van der Waals surface area contributed by atoms with Crippen molar-refractivity contribution in [2.75, 3.05) is 0 Å². The molecule has 0 radical (unpaired) electrons. The molecule has 0 spiro atoms. The molecular formula is C7H7FN2O4S. The van der Waals surface area contributed by atoms with Gasteiger partial charge in [0, 0.05) is 0 Å². The minimum absolute atomic E-state index is 0.0194. The van der Waals surface area contributed by atoms with Gasteiger partial charge in [0.15, 0.2) is 4.90 Å². The van der Waals surface area contributed by atoms with E-state index in [-0.39, 0.29) is 5.56 Å². The summed E-state index contributed by atoms with van der Waals surface area (Å²) in [6.45, 7) is 1.29. The topological polar surface area (TPSA) is 103 Å². The minimum atomic E-state index is -4.30. The first-order valence-electron chi connectivity index (χ1n) is 3.71.